The summed E-state index contributed by atoms with van der Waals surface area (Å²) >= 11 is 1.65. The summed E-state index contributed by atoms with van der Waals surface area (Å²) in [5.74, 6) is -0.653. The Balaban J connectivity index is 1.68. The molecule has 0 radical (unpaired) electrons. The molecule has 2 heterocycles. The number of benzene rings is 1. The smallest absolute Gasteiger partial charge is 0.246 e. The third-order valence-corrected chi connectivity index (χ3v) is 6.97. The van der Waals surface area contributed by atoms with Crippen molar-refractivity contribution in [3.05, 3.63) is 45.7 Å². The van der Waals surface area contributed by atoms with Crippen LogP contribution in [0.4, 0.5) is 4.39 Å². The molecule has 1 aliphatic rings. The first-order valence-electron chi connectivity index (χ1n) is 7.77. The number of hydrogen-bond donors (Lipinski definition) is 0. The summed E-state index contributed by atoms with van der Waals surface area (Å²) in [6.45, 7) is 6.31. The van der Waals surface area contributed by atoms with Crippen LogP contribution < -0.4 is 0 Å². The van der Waals surface area contributed by atoms with Crippen molar-refractivity contribution < 1.29 is 12.8 Å². The molecule has 24 heavy (non-hydrogen) atoms. The monoisotopic (exact) mass is 369 g/mol. The van der Waals surface area contributed by atoms with E-state index in [1.54, 1.807) is 30.4 Å². The van der Waals surface area contributed by atoms with Crippen LogP contribution in [-0.2, 0) is 16.6 Å². The molecular weight excluding hydrogens is 349 g/mol. The van der Waals surface area contributed by atoms with Gasteiger partial charge in [0.2, 0.25) is 10.0 Å². The van der Waals surface area contributed by atoms with E-state index in [2.05, 4.69) is 9.88 Å². The Hall–Kier alpha value is -1.35. The normalized spacial score (nSPS) is 17.3. The minimum atomic E-state index is -3.79. The van der Waals surface area contributed by atoms with Gasteiger partial charge in [0, 0.05) is 43.8 Å². The molecule has 2 aromatic rings. The molecule has 0 bridgehead atoms. The SMILES string of the molecule is Cc1ncc(CN2CCN(S(=O)(=O)c3cccc(C)c3F)CC2)s1. The van der Waals surface area contributed by atoms with Crippen molar-refractivity contribution in [3.63, 3.8) is 0 Å². The maximum atomic E-state index is 14.2. The van der Waals surface area contributed by atoms with Crippen molar-refractivity contribution in [2.45, 2.75) is 25.3 Å². The quantitative estimate of drug-likeness (QED) is 0.831. The van der Waals surface area contributed by atoms with Gasteiger partial charge >= 0.3 is 0 Å². The highest BCUT2D eigenvalue weighted by Crippen LogP contribution is 2.23. The predicted molar refractivity (Wildman–Crippen MR) is 92.0 cm³/mol. The fourth-order valence-corrected chi connectivity index (χ4v) is 5.18. The van der Waals surface area contributed by atoms with Crippen molar-refractivity contribution in [1.82, 2.24) is 14.2 Å². The van der Waals surface area contributed by atoms with E-state index in [0.29, 0.717) is 31.7 Å². The van der Waals surface area contributed by atoms with E-state index >= 15 is 0 Å². The molecule has 5 nitrogen and oxygen atoms in total. The van der Waals surface area contributed by atoms with Crippen LogP contribution in [0, 0.1) is 19.7 Å². The molecule has 8 heteroatoms. The number of halogens is 1. The molecule has 1 aliphatic heterocycles. The topological polar surface area (TPSA) is 53.5 Å². The largest absolute Gasteiger partial charge is 0.296 e. The van der Waals surface area contributed by atoms with Crippen molar-refractivity contribution in [3.8, 4) is 0 Å². The van der Waals surface area contributed by atoms with Crippen LogP contribution in [-0.4, -0.2) is 48.8 Å². The fraction of sp³-hybridized carbons (Fsp3) is 0.438. The second-order valence-electron chi connectivity index (χ2n) is 5.91. The lowest BCUT2D eigenvalue weighted by Crippen LogP contribution is -2.48. The number of sulfonamides is 1. The highest BCUT2D eigenvalue weighted by molar-refractivity contribution is 7.89. The molecule has 1 aromatic carbocycles. The van der Waals surface area contributed by atoms with Gasteiger partial charge < -0.3 is 0 Å². The van der Waals surface area contributed by atoms with Crippen molar-refractivity contribution in [2.24, 2.45) is 0 Å². The van der Waals surface area contributed by atoms with Gasteiger partial charge in [-0.15, -0.1) is 11.3 Å². The molecule has 1 saturated heterocycles. The number of aryl methyl sites for hydroxylation is 2. The first-order valence-corrected chi connectivity index (χ1v) is 10.0. The van der Waals surface area contributed by atoms with Gasteiger partial charge in [0.15, 0.2) is 0 Å². The molecule has 1 aromatic heterocycles. The number of rotatable bonds is 4. The van der Waals surface area contributed by atoms with Crippen molar-refractivity contribution in [1.29, 1.82) is 0 Å². The van der Waals surface area contributed by atoms with Gasteiger partial charge in [0.1, 0.15) is 10.7 Å². The maximum absolute atomic E-state index is 14.2. The summed E-state index contributed by atoms with van der Waals surface area (Å²) < 4.78 is 40.9. The Bertz CT molecular complexity index is 828. The molecule has 0 saturated carbocycles. The zero-order chi connectivity index (χ0) is 17.3. The second-order valence-corrected chi connectivity index (χ2v) is 9.14. The van der Waals surface area contributed by atoms with Gasteiger partial charge in [-0.2, -0.15) is 4.31 Å². The van der Waals surface area contributed by atoms with E-state index in [1.807, 2.05) is 13.1 Å². The van der Waals surface area contributed by atoms with Crippen molar-refractivity contribution in [2.75, 3.05) is 26.2 Å². The summed E-state index contributed by atoms with van der Waals surface area (Å²) in [6, 6.07) is 4.49. The minimum absolute atomic E-state index is 0.228. The molecule has 3 rings (SSSR count). The summed E-state index contributed by atoms with van der Waals surface area (Å²) in [6.07, 6.45) is 1.87. The zero-order valence-electron chi connectivity index (χ0n) is 13.7. The number of hydrogen-bond acceptors (Lipinski definition) is 5. The summed E-state index contributed by atoms with van der Waals surface area (Å²) in [5.41, 5.74) is 0.343. The Morgan fingerprint density at radius 1 is 1.21 bits per heavy atom. The first-order chi connectivity index (χ1) is 11.4. The average Bonchev–Trinajstić information content (AvgIpc) is 2.95. The van der Waals surface area contributed by atoms with E-state index in [-0.39, 0.29) is 4.90 Å². The number of nitrogens with zero attached hydrogens (tertiary/aromatic N) is 3. The van der Waals surface area contributed by atoms with Crippen LogP contribution >= 0.6 is 11.3 Å². The van der Waals surface area contributed by atoms with E-state index in [4.69, 9.17) is 0 Å². The standard InChI is InChI=1S/C16H20FN3O2S2/c1-12-4-3-5-15(16(12)17)24(21,22)20-8-6-19(7-9-20)11-14-10-18-13(2)23-14/h3-5,10H,6-9,11H2,1-2H3. The Labute approximate surface area is 145 Å². The van der Waals surface area contributed by atoms with Gasteiger partial charge in [-0.25, -0.2) is 17.8 Å². The highest BCUT2D eigenvalue weighted by atomic mass is 32.2. The molecule has 0 amide bonds. The van der Waals surface area contributed by atoms with Crippen LogP contribution in [0.1, 0.15) is 15.4 Å². The summed E-state index contributed by atoms with van der Waals surface area (Å²) in [5, 5.41) is 1.03. The van der Waals surface area contributed by atoms with Crippen LogP contribution in [0.2, 0.25) is 0 Å². The Morgan fingerprint density at radius 2 is 1.92 bits per heavy atom. The van der Waals surface area contributed by atoms with Crippen LogP contribution in [0.3, 0.4) is 0 Å². The van der Waals surface area contributed by atoms with Gasteiger partial charge in [0.25, 0.3) is 0 Å². The van der Waals surface area contributed by atoms with E-state index in [0.717, 1.165) is 11.6 Å². The third kappa shape index (κ3) is 3.51. The Kier molecular flexibility index (Phi) is 5.00. The van der Waals surface area contributed by atoms with Gasteiger partial charge in [-0.3, -0.25) is 4.90 Å². The third-order valence-electron chi connectivity index (χ3n) is 4.15. The lowest BCUT2D eigenvalue weighted by atomic mass is 10.2. The summed E-state index contributed by atoms with van der Waals surface area (Å²) in [7, 11) is -3.79. The minimum Gasteiger partial charge on any atom is -0.296 e. The van der Waals surface area contributed by atoms with Crippen LogP contribution in [0.5, 0.6) is 0 Å². The summed E-state index contributed by atoms with van der Waals surface area (Å²) in [4.78, 5) is 7.38. The second kappa shape index (κ2) is 6.87. The molecule has 130 valence electrons. The van der Waals surface area contributed by atoms with E-state index in [1.165, 1.54) is 15.2 Å². The first kappa shape index (κ1) is 17.5. The van der Waals surface area contributed by atoms with Gasteiger partial charge in [-0.05, 0) is 25.5 Å². The molecular formula is C16H20FN3O2S2. The van der Waals surface area contributed by atoms with Gasteiger partial charge in [0.05, 0.1) is 5.01 Å². The molecule has 0 unspecified atom stereocenters. The molecule has 0 N–H and O–H groups in total. The molecule has 0 atom stereocenters. The van der Waals surface area contributed by atoms with Crippen LogP contribution in [0.15, 0.2) is 29.3 Å². The van der Waals surface area contributed by atoms with E-state index < -0.39 is 15.8 Å². The van der Waals surface area contributed by atoms with E-state index in [9.17, 15) is 12.8 Å². The van der Waals surface area contributed by atoms with Crippen molar-refractivity contribution >= 4 is 21.4 Å². The average molecular weight is 369 g/mol. The lowest BCUT2D eigenvalue weighted by molar-refractivity contribution is 0.182. The lowest BCUT2D eigenvalue weighted by Gasteiger charge is -2.33. The number of piperazine rings is 1. The molecule has 0 aliphatic carbocycles. The number of aromatic nitrogens is 1. The zero-order valence-corrected chi connectivity index (χ0v) is 15.3. The number of thiazole rings is 1. The Morgan fingerprint density at radius 3 is 2.54 bits per heavy atom. The highest BCUT2D eigenvalue weighted by Gasteiger charge is 2.31. The maximum Gasteiger partial charge on any atom is 0.246 e. The predicted octanol–water partition coefficient (Wildman–Crippen LogP) is 2.41. The van der Waals surface area contributed by atoms with Gasteiger partial charge in [-0.1, -0.05) is 12.1 Å². The molecule has 0 spiro atoms. The molecule has 1 fully saturated rings. The van der Waals surface area contributed by atoms with Crippen LogP contribution in [0.25, 0.3) is 0 Å². The fourth-order valence-electron chi connectivity index (χ4n) is 2.79.